The van der Waals surface area contributed by atoms with Crippen molar-refractivity contribution in [2.75, 3.05) is 0 Å². The highest BCUT2D eigenvalue weighted by atomic mass is 14.9. The summed E-state index contributed by atoms with van der Waals surface area (Å²) in [7, 11) is 6.40. The van der Waals surface area contributed by atoms with Crippen LogP contribution in [0, 0.1) is 56.3 Å². The molecule has 9 unspecified atom stereocenters. The lowest BCUT2D eigenvalue weighted by Gasteiger charge is -2.22. The molecule has 9 atom stereocenters. The maximum Gasteiger partial charge on any atom is 0.212 e. The van der Waals surface area contributed by atoms with Gasteiger partial charge >= 0.3 is 0 Å². The molecule has 9 aromatic rings. The fraction of sp³-hybridized carbons (Fsp3) is 0.346. The van der Waals surface area contributed by atoms with Gasteiger partial charge in [-0.25, -0.2) is 13.7 Å². The van der Waals surface area contributed by atoms with Crippen LogP contribution in [0.25, 0.3) is 67.2 Å². The van der Waals surface area contributed by atoms with E-state index in [0.29, 0.717) is 11.8 Å². The van der Waals surface area contributed by atoms with Crippen LogP contribution >= 0.6 is 0 Å². The van der Waals surface area contributed by atoms with Gasteiger partial charge in [-0.2, -0.15) is 0 Å². The van der Waals surface area contributed by atoms with E-state index < -0.39 is 0 Å². The lowest BCUT2D eigenvalue weighted by Crippen LogP contribution is -2.30. The van der Waals surface area contributed by atoms with E-state index in [1.165, 1.54) is 159 Å². The molecule has 0 N–H and O–H groups in total. The van der Waals surface area contributed by atoms with E-state index in [4.69, 9.17) is 1.37 Å². The minimum atomic E-state index is -0.373. The van der Waals surface area contributed by atoms with E-state index in [2.05, 4.69) is 256 Å². The number of hydrogen-bond donors (Lipinski definition) is 0. The average molecular weight is 1070 g/mol. The minimum Gasteiger partial charge on any atom is -0.200 e. The van der Waals surface area contributed by atoms with E-state index in [0.717, 1.165) is 42.4 Å². The third-order valence-corrected chi connectivity index (χ3v) is 20.3. The van der Waals surface area contributed by atoms with Gasteiger partial charge in [0.05, 0.1) is 0 Å². The molecule has 15 rings (SSSR count). The van der Waals surface area contributed by atoms with Crippen LogP contribution in [0.2, 0.25) is 0 Å². The quantitative estimate of drug-likeness (QED) is 0.128. The summed E-state index contributed by atoms with van der Waals surface area (Å²) in [6.07, 6.45) is 22.3. The Labute approximate surface area is 487 Å². The van der Waals surface area contributed by atoms with Gasteiger partial charge in [0.2, 0.25) is 17.1 Å². The van der Waals surface area contributed by atoms with Gasteiger partial charge in [0.1, 0.15) is 21.1 Å². The summed E-state index contributed by atoms with van der Waals surface area (Å²) < 4.78 is 24.9. The SMILES string of the molecule is Cc1ccccc1-c1ccc(-c2cccc(C3CC4CCC3C4)c2)c[n+]1C.[2H]C1(c2ccc(-c3ccc(-c4ccccc4C)[n+](C)c3)cc2)CC2CCC1C2.[2H]C1(c2cccc(-c3ccc(-c4ccccc4C)[n+](C)c3)c2)CC2CCC1C2. The Kier molecular flexibility index (Phi) is 14.4. The first-order chi connectivity index (χ1) is 40.3. The molecule has 6 aliphatic rings. The molecule has 0 aliphatic heterocycles. The highest BCUT2D eigenvalue weighted by Crippen LogP contribution is 2.55. The lowest BCUT2D eigenvalue weighted by molar-refractivity contribution is -0.660. The Morgan fingerprint density at radius 3 is 1.10 bits per heavy atom. The van der Waals surface area contributed by atoms with Crippen LogP contribution in [0.5, 0.6) is 0 Å². The van der Waals surface area contributed by atoms with E-state index >= 15 is 0 Å². The molecule has 6 saturated carbocycles. The second-order valence-corrected chi connectivity index (χ2v) is 25.5. The van der Waals surface area contributed by atoms with Crippen molar-refractivity contribution in [3.05, 3.63) is 234 Å². The number of benzene rings is 6. The molecule has 81 heavy (non-hydrogen) atoms. The molecule has 6 fully saturated rings. The van der Waals surface area contributed by atoms with Gasteiger partial charge in [-0.3, -0.25) is 0 Å². The number of nitrogens with zero attached hydrogens (tertiary/aromatic N) is 3. The Balaban J connectivity index is 0.000000117. The monoisotopic (exact) mass is 1060 g/mol. The highest BCUT2D eigenvalue weighted by molar-refractivity contribution is 5.69. The van der Waals surface area contributed by atoms with E-state index in [1.54, 1.807) is 5.56 Å². The van der Waals surface area contributed by atoms with Crippen LogP contribution in [0.15, 0.2) is 201 Å². The minimum absolute atomic E-state index is 0.346. The molecule has 0 saturated heterocycles. The molecule has 0 amide bonds. The largest absolute Gasteiger partial charge is 0.212 e. The molecule has 6 bridgehead atoms. The molecule has 3 heterocycles. The lowest BCUT2D eigenvalue weighted by atomic mass is 9.82. The molecule has 3 heteroatoms. The molecule has 0 radical (unpaired) electrons. The predicted molar refractivity (Wildman–Crippen MR) is 334 cm³/mol. The van der Waals surface area contributed by atoms with Crippen molar-refractivity contribution in [3.8, 4) is 67.2 Å². The van der Waals surface area contributed by atoms with Crippen molar-refractivity contribution in [1.29, 1.82) is 0 Å². The smallest absolute Gasteiger partial charge is 0.200 e. The second kappa shape index (κ2) is 23.0. The Morgan fingerprint density at radius 1 is 0.321 bits per heavy atom. The van der Waals surface area contributed by atoms with Crippen molar-refractivity contribution >= 4 is 0 Å². The molecular formula is C78H84N3+3. The third kappa shape index (κ3) is 11.0. The summed E-state index contributed by atoms with van der Waals surface area (Å²) in [6, 6.07) is 66.0. The normalized spacial score (nSPS) is 25.9. The second-order valence-electron chi connectivity index (χ2n) is 25.5. The van der Waals surface area contributed by atoms with E-state index in [9.17, 15) is 1.37 Å². The molecule has 3 nitrogen and oxygen atoms in total. The average Bonchev–Trinajstić information content (AvgIpc) is 3.33. The maximum absolute atomic E-state index is 9.18. The summed E-state index contributed by atoms with van der Waals surface area (Å²) in [4.78, 5) is 0. The summed E-state index contributed by atoms with van der Waals surface area (Å²) in [5.74, 6) is 4.68. The molecule has 6 aromatic carbocycles. The van der Waals surface area contributed by atoms with Gasteiger partial charge in [0.25, 0.3) is 0 Å². The van der Waals surface area contributed by atoms with Gasteiger partial charge in [-0.1, -0.05) is 147 Å². The fourth-order valence-corrected chi connectivity index (χ4v) is 15.9. The maximum atomic E-state index is 9.18. The molecular weight excluding hydrogens is 979 g/mol. The van der Waals surface area contributed by atoms with Gasteiger partial charge < -0.3 is 0 Å². The van der Waals surface area contributed by atoms with Crippen molar-refractivity contribution in [1.82, 2.24) is 0 Å². The number of fused-ring (bicyclic) bond motifs is 6. The van der Waals surface area contributed by atoms with Gasteiger partial charge in [-0.05, 0) is 218 Å². The zero-order valence-electron chi connectivity index (χ0n) is 50.9. The first-order valence-corrected chi connectivity index (χ1v) is 30.8. The number of aromatic nitrogens is 3. The van der Waals surface area contributed by atoms with Crippen LogP contribution in [0.3, 0.4) is 0 Å². The molecule has 0 spiro atoms. The first-order valence-electron chi connectivity index (χ1n) is 31.8. The predicted octanol–water partition coefficient (Wildman–Crippen LogP) is 18.2. The standard InChI is InChI=1S/3C26H28N/c2*1-18-6-3-4-9-24(18)26-13-12-23(17-27(26)2)20-7-5-8-21(16-20)25-15-19-10-11-22(25)14-19;1-18-5-3-4-6-24(18)26-14-13-23(17-27(26)2)20-9-11-21(12-10-20)25-16-19-7-8-22(25)15-19/h2*3-9,12-13,16-17,19,22,25H,10-11,14-15H2,1-2H3;3-6,9-14,17,19,22,25H,7-8,15-16H2,1-2H3/q3*+1/i25D;;25D. The summed E-state index contributed by atoms with van der Waals surface area (Å²) in [5.41, 5.74) is 23.0. The number of hydrogen-bond acceptors (Lipinski definition) is 0. The van der Waals surface area contributed by atoms with Crippen LogP contribution in [0.4, 0.5) is 0 Å². The van der Waals surface area contributed by atoms with Crippen molar-refractivity contribution < 1.29 is 16.4 Å². The Morgan fingerprint density at radius 2 is 0.704 bits per heavy atom. The number of aryl methyl sites for hydroxylation is 6. The first kappa shape index (κ1) is 50.7. The Bertz CT molecular complexity index is 3840. The van der Waals surface area contributed by atoms with Crippen LogP contribution in [0.1, 0.15) is 131 Å². The molecule has 6 aliphatic carbocycles. The molecule has 3 aromatic heterocycles. The van der Waals surface area contributed by atoms with Gasteiger partial charge in [0.15, 0.2) is 18.6 Å². The number of pyridine rings is 3. The highest BCUT2D eigenvalue weighted by Gasteiger charge is 2.42. The van der Waals surface area contributed by atoms with Crippen molar-refractivity contribution in [2.45, 2.75) is 116 Å². The Hall–Kier alpha value is -7.23. The topological polar surface area (TPSA) is 11.6 Å². The zero-order valence-corrected chi connectivity index (χ0v) is 48.9. The van der Waals surface area contributed by atoms with Crippen molar-refractivity contribution in [3.63, 3.8) is 0 Å². The summed E-state index contributed by atoms with van der Waals surface area (Å²) >= 11 is 0. The van der Waals surface area contributed by atoms with E-state index in [-0.39, 0.29) is 11.8 Å². The van der Waals surface area contributed by atoms with Crippen LogP contribution in [-0.2, 0) is 21.1 Å². The fourth-order valence-electron chi connectivity index (χ4n) is 15.9. The third-order valence-electron chi connectivity index (χ3n) is 20.3. The van der Waals surface area contributed by atoms with Gasteiger partial charge in [0, 0.05) is 54.3 Å². The van der Waals surface area contributed by atoms with Gasteiger partial charge in [-0.15, -0.1) is 0 Å². The molecule has 408 valence electrons. The summed E-state index contributed by atoms with van der Waals surface area (Å²) in [6.45, 7) is 6.51. The zero-order chi connectivity index (χ0) is 57.0. The van der Waals surface area contributed by atoms with E-state index in [1.807, 2.05) is 0 Å². The van der Waals surface area contributed by atoms with Crippen molar-refractivity contribution in [2.24, 2.45) is 56.7 Å². The number of rotatable bonds is 9. The van der Waals surface area contributed by atoms with Crippen LogP contribution < -0.4 is 13.7 Å². The summed E-state index contributed by atoms with van der Waals surface area (Å²) in [5, 5.41) is 0. The van der Waals surface area contributed by atoms with Crippen LogP contribution in [-0.4, -0.2) is 0 Å².